The van der Waals surface area contributed by atoms with E-state index in [0.717, 1.165) is 15.8 Å². The molecular weight excluding hydrogens is 415 g/mol. The molecule has 2 N–H and O–H groups in total. The molecule has 3 rings (SSSR count). The smallest absolute Gasteiger partial charge is 0.244 e. The van der Waals surface area contributed by atoms with Crippen LogP contribution in [0.2, 0.25) is 0 Å². The summed E-state index contributed by atoms with van der Waals surface area (Å²) in [4.78, 5) is 16.3. The third kappa shape index (κ3) is 5.01. The molecule has 1 amide bonds. The Morgan fingerprint density at radius 1 is 1.30 bits per heavy atom. The quantitative estimate of drug-likeness (QED) is 0.584. The molecule has 0 radical (unpaired) electrons. The van der Waals surface area contributed by atoms with Gasteiger partial charge in [-0.3, -0.25) is 9.89 Å². The average Bonchev–Trinajstić information content (AvgIpc) is 3.16. The van der Waals surface area contributed by atoms with Gasteiger partial charge in [-0.2, -0.15) is 5.10 Å². The minimum absolute atomic E-state index is 0.174. The van der Waals surface area contributed by atoms with E-state index in [9.17, 15) is 9.18 Å². The van der Waals surface area contributed by atoms with Crippen molar-refractivity contribution in [2.24, 2.45) is 0 Å². The van der Waals surface area contributed by atoms with Gasteiger partial charge < -0.3 is 10.1 Å². The Kier molecular flexibility index (Phi) is 5.97. The summed E-state index contributed by atoms with van der Waals surface area (Å²) in [5.41, 5.74) is 1.15. The van der Waals surface area contributed by atoms with Crippen LogP contribution in [0.25, 0.3) is 17.5 Å². The molecule has 138 valence electrons. The summed E-state index contributed by atoms with van der Waals surface area (Å²) in [7, 11) is 1.60. The maximum atomic E-state index is 13.6. The fourth-order valence-corrected chi connectivity index (χ4v) is 2.66. The highest BCUT2D eigenvalue weighted by Crippen LogP contribution is 2.19. The number of amides is 1. The number of methoxy groups -OCH3 is 1. The number of H-pyrrole nitrogens is 1. The molecule has 3 aromatic rings. The van der Waals surface area contributed by atoms with Gasteiger partial charge in [-0.05, 0) is 48.5 Å². The predicted molar refractivity (Wildman–Crippen MR) is 103 cm³/mol. The van der Waals surface area contributed by atoms with Crippen molar-refractivity contribution in [3.63, 3.8) is 0 Å². The molecule has 0 saturated heterocycles. The zero-order chi connectivity index (χ0) is 19.2. The predicted octanol–water partition coefficient (Wildman–Crippen LogP) is 3.71. The van der Waals surface area contributed by atoms with E-state index in [0.29, 0.717) is 17.2 Å². The topological polar surface area (TPSA) is 79.9 Å². The van der Waals surface area contributed by atoms with Gasteiger partial charge in [0.1, 0.15) is 17.4 Å². The SMILES string of the molecule is COc1ccc(-c2n[nH]c(CNC(=O)/C=C/c3cc(Br)ccc3F)n2)cc1. The molecule has 1 heterocycles. The first-order valence-electron chi connectivity index (χ1n) is 8.02. The Hall–Kier alpha value is -3.00. The summed E-state index contributed by atoms with van der Waals surface area (Å²) in [6, 6.07) is 11.8. The van der Waals surface area contributed by atoms with Gasteiger partial charge in [-0.1, -0.05) is 15.9 Å². The van der Waals surface area contributed by atoms with Gasteiger partial charge in [0.25, 0.3) is 0 Å². The van der Waals surface area contributed by atoms with Gasteiger partial charge in [0.2, 0.25) is 5.91 Å². The van der Waals surface area contributed by atoms with Gasteiger partial charge in [0, 0.05) is 21.7 Å². The van der Waals surface area contributed by atoms with E-state index in [2.05, 4.69) is 36.4 Å². The Morgan fingerprint density at radius 3 is 2.81 bits per heavy atom. The molecule has 0 fully saturated rings. The van der Waals surface area contributed by atoms with E-state index in [1.165, 1.54) is 18.2 Å². The van der Waals surface area contributed by atoms with Crippen molar-refractivity contribution in [1.82, 2.24) is 20.5 Å². The number of nitrogens with one attached hydrogen (secondary N) is 2. The van der Waals surface area contributed by atoms with Gasteiger partial charge in [-0.15, -0.1) is 0 Å². The Bertz CT molecular complexity index is 970. The molecule has 0 aliphatic rings. The lowest BCUT2D eigenvalue weighted by atomic mass is 10.2. The number of hydrogen-bond donors (Lipinski definition) is 2. The summed E-state index contributed by atoms with van der Waals surface area (Å²) in [6.07, 6.45) is 2.68. The number of rotatable bonds is 6. The van der Waals surface area contributed by atoms with Crippen LogP contribution in [-0.4, -0.2) is 28.2 Å². The Labute approximate surface area is 163 Å². The van der Waals surface area contributed by atoms with Crippen LogP contribution in [0.5, 0.6) is 5.75 Å². The molecule has 6 nitrogen and oxygen atoms in total. The zero-order valence-corrected chi connectivity index (χ0v) is 16.0. The number of halogens is 2. The second-order valence-corrected chi connectivity index (χ2v) is 6.47. The van der Waals surface area contributed by atoms with E-state index in [1.54, 1.807) is 19.2 Å². The van der Waals surface area contributed by atoms with Crippen molar-refractivity contribution in [3.8, 4) is 17.1 Å². The molecule has 27 heavy (non-hydrogen) atoms. The van der Waals surface area contributed by atoms with Crippen molar-refractivity contribution in [2.45, 2.75) is 6.54 Å². The highest BCUT2D eigenvalue weighted by molar-refractivity contribution is 9.10. The molecule has 0 spiro atoms. The van der Waals surface area contributed by atoms with Crippen LogP contribution in [0, 0.1) is 5.82 Å². The number of carbonyl (C=O) groups is 1. The summed E-state index contributed by atoms with van der Waals surface area (Å²) in [6.45, 7) is 0.174. The third-order valence-electron chi connectivity index (χ3n) is 3.68. The number of nitrogens with zero attached hydrogens (tertiary/aromatic N) is 2. The van der Waals surface area contributed by atoms with Crippen molar-refractivity contribution in [2.75, 3.05) is 7.11 Å². The van der Waals surface area contributed by atoms with E-state index in [1.807, 2.05) is 24.3 Å². The molecular formula is C19H16BrFN4O2. The maximum absolute atomic E-state index is 13.6. The fourth-order valence-electron chi connectivity index (χ4n) is 2.28. The first-order valence-corrected chi connectivity index (χ1v) is 8.81. The Balaban J connectivity index is 1.58. The second-order valence-electron chi connectivity index (χ2n) is 5.55. The third-order valence-corrected chi connectivity index (χ3v) is 4.18. The molecule has 0 saturated carbocycles. The molecule has 8 heteroatoms. The van der Waals surface area contributed by atoms with Gasteiger partial charge in [0.15, 0.2) is 5.82 Å². The molecule has 2 aromatic carbocycles. The summed E-state index contributed by atoms with van der Waals surface area (Å²) in [5.74, 6) is 1.01. The molecule has 0 aliphatic carbocycles. The number of aromatic amines is 1. The number of carbonyl (C=O) groups excluding carboxylic acids is 1. The van der Waals surface area contributed by atoms with Crippen molar-refractivity contribution in [3.05, 3.63) is 70.2 Å². The molecule has 0 aliphatic heterocycles. The highest BCUT2D eigenvalue weighted by atomic mass is 79.9. The number of aromatic nitrogens is 3. The van der Waals surface area contributed by atoms with Gasteiger partial charge in [-0.25, -0.2) is 9.37 Å². The van der Waals surface area contributed by atoms with E-state index in [-0.39, 0.29) is 12.5 Å². The maximum Gasteiger partial charge on any atom is 0.244 e. The number of benzene rings is 2. The number of ether oxygens (including phenoxy) is 1. The largest absolute Gasteiger partial charge is 0.497 e. The lowest BCUT2D eigenvalue weighted by Gasteiger charge is -2.00. The molecule has 0 bridgehead atoms. The second kappa shape index (κ2) is 8.59. The van der Waals surface area contributed by atoms with Gasteiger partial charge >= 0.3 is 0 Å². The van der Waals surface area contributed by atoms with Crippen LogP contribution in [0.3, 0.4) is 0 Å². The Morgan fingerprint density at radius 2 is 2.07 bits per heavy atom. The average molecular weight is 431 g/mol. The van der Waals surface area contributed by atoms with Crippen LogP contribution < -0.4 is 10.1 Å². The summed E-state index contributed by atoms with van der Waals surface area (Å²) < 4.78 is 19.5. The van der Waals surface area contributed by atoms with E-state index >= 15 is 0 Å². The van der Waals surface area contributed by atoms with E-state index < -0.39 is 5.82 Å². The minimum atomic E-state index is -0.401. The normalized spacial score (nSPS) is 10.9. The summed E-state index contributed by atoms with van der Waals surface area (Å²) >= 11 is 3.27. The summed E-state index contributed by atoms with van der Waals surface area (Å²) in [5, 5.41) is 9.59. The zero-order valence-electron chi connectivity index (χ0n) is 14.4. The minimum Gasteiger partial charge on any atom is -0.497 e. The first-order chi connectivity index (χ1) is 13.0. The van der Waals surface area contributed by atoms with Crippen LogP contribution in [-0.2, 0) is 11.3 Å². The number of hydrogen-bond acceptors (Lipinski definition) is 4. The van der Waals surface area contributed by atoms with Gasteiger partial charge in [0.05, 0.1) is 13.7 Å². The monoisotopic (exact) mass is 430 g/mol. The van der Waals surface area contributed by atoms with Crippen molar-refractivity contribution >= 4 is 27.9 Å². The van der Waals surface area contributed by atoms with Crippen molar-refractivity contribution < 1.29 is 13.9 Å². The van der Waals surface area contributed by atoms with Crippen molar-refractivity contribution in [1.29, 1.82) is 0 Å². The molecule has 0 atom stereocenters. The molecule has 0 unspecified atom stereocenters. The van der Waals surface area contributed by atoms with Crippen LogP contribution in [0.1, 0.15) is 11.4 Å². The fraction of sp³-hybridized carbons (Fsp3) is 0.105. The standard InChI is InChI=1S/C19H16BrFN4O2/c1-27-15-6-2-12(3-7-15)19-23-17(24-25-19)11-22-18(26)9-4-13-10-14(20)5-8-16(13)21/h2-10H,11H2,1H3,(H,22,26)(H,23,24,25)/b9-4+. The van der Waals surface area contributed by atoms with E-state index in [4.69, 9.17) is 4.74 Å². The van der Waals surface area contributed by atoms with Crippen LogP contribution >= 0.6 is 15.9 Å². The van der Waals surface area contributed by atoms with Crippen LogP contribution in [0.4, 0.5) is 4.39 Å². The highest BCUT2D eigenvalue weighted by Gasteiger charge is 2.07. The lowest BCUT2D eigenvalue weighted by Crippen LogP contribution is -2.21. The molecule has 1 aromatic heterocycles. The lowest BCUT2D eigenvalue weighted by molar-refractivity contribution is -0.116. The first kappa shape index (κ1) is 18.8. The van der Waals surface area contributed by atoms with Crippen LogP contribution in [0.15, 0.2) is 53.0 Å².